The van der Waals surface area contributed by atoms with Crippen molar-refractivity contribution in [3.63, 3.8) is 0 Å². The normalized spacial score (nSPS) is 15.6. The summed E-state index contributed by atoms with van der Waals surface area (Å²) >= 11 is 1.67. The Kier molecular flexibility index (Phi) is 7.70. The first kappa shape index (κ1) is 22.4. The number of nitrogens with zero attached hydrogens (tertiary/aromatic N) is 4. The van der Waals surface area contributed by atoms with E-state index < -0.39 is 11.9 Å². The first-order chi connectivity index (χ1) is 15.0. The number of aliphatic hydroxyl groups is 1. The minimum atomic E-state index is -1.26. The van der Waals surface area contributed by atoms with Crippen LogP contribution in [0.3, 0.4) is 0 Å². The summed E-state index contributed by atoms with van der Waals surface area (Å²) in [5.74, 6) is -0.690. The van der Waals surface area contributed by atoms with E-state index in [2.05, 4.69) is 30.9 Å². The largest absolute Gasteiger partial charge is 0.478 e. The predicted octanol–water partition coefficient (Wildman–Crippen LogP) is 1.60. The van der Waals surface area contributed by atoms with E-state index in [0.29, 0.717) is 12.2 Å². The number of nitrogens with one attached hydrogen (secondary N) is 1. The van der Waals surface area contributed by atoms with Crippen molar-refractivity contribution in [2.24, 2.45) is 4.99 Å². The molecule has 0 bridgehead atoms. The molecule has 0 spiro atoms. The van der Waals surface area contributed by atoms with Crippen LogP contribution in [0.15, 0.2) is 46.2 Å². The van der Waals surface area contributed by atoms with Crippen LogP contribution in [0.4, 0.5) is 17.2 Å². The van der Waals surface area contributed by atoms with Gasteiger partial charge in [-0.3, -0.25) is 4.90 Å². The fraction of sp³-hybridized carbons (Fsp3) is 0.300. The van der Waals surface area contributed by atoms with Crippen LogP contribution in [0.2, 0.25) is 0 Å². The lowest BCUT2D eigenvalue weighted by Gasteiger charge is -2.36. The molecular weight excluding hydrogens is 422 g/mol. The van der Waals surface area contributed by atoms with Gasteiger partial charge in [0.15, 0.2) is 5.82 Å². The van der Waals surface area contributed by atoms with Crippen LogP contribution in [0.5, 0.6) is 0 Å². The van der Waals surface area contributed by atoms with E-state index in [0.717, 1.165) is 61.3 Å². The summed E-state index contributed by atoms with van der Waals surface area (Å²) in [5.41, 5.74) is 3.09. The zero-order valence-corrected chi connectivity index (χ0v) is 17.5. The molecule has 4 rings (SSSR count). The lowest BCUT2D eigenvalue weighted by atomic mass is 10.2. The second-order valence-electron chi connectivity index (χ2n) is 6.69. The smallest absolute Gasteiger partial charge is 0.328 e. The van der Waals surface area contributed by atoms with Gasteiger partial charge in [0, 0.05) is 61.8 Å². The molecular formula is C20H23N5O5S. The van der Waals surface area contributed by atoms with Crippen molar-refractivity contribution >= 4 is 46.3 Å². The lowest BCUT2D eigenvalue weighted by Crippen LogP contribution is -2.49. The number of rotatable bonds is 4. The molecule has 0 radical (unpaired) electrons. The molecule has 10 nitrogen and oxygen atoms in total. The molecule has 2 aromatic heterocycles. The van der Waals surface area contributed by atoms with Gasteiger partial charge in [-0.25, -0.2) is 19.6 Å². The van der Waals surface area contributed by atoms with Crippen molar-refractivity contribution in [3.8, 4) is 0 Å². The molecule has 2 aromatic rings. The topological polar surface area (TPSA) is 139 Å². The molecule has 11 heteroatoms. The molecule has 4 N–H and O–H groups in total. The van der Waals surface area contributed by atoms with Crippen LogP contribution in [-0.4, -0.2) is 87.2 Å². The number of carbonyl (C=O) groups is 2. The number of hydrogen-bond donors (Lipinski definition) is 4. The van der Waals surface area contributed by atoms with Crippen molar-refractivity contribution in [1.82, 2.24) is 14.8 Å². The number of fused-ring (bicyclic) bond motifs is 2. The fourth-order valence-electron chi connectivity index (χ4n) is 3.16. The molecule has 0 amide bonds. The van der Waals surface area contributed by atoms with Crippen LogP contribution in [-0.2, 0) is 9.59 Å². The average molecular weight is 446 g/mol. The molecule has 1 saturated heterocycles. The first-order valence-electron chi connectivity index (χ1n) is 9.57. The Labute approximate surface area is 182 Å². The van der Waals surface area contributed by atoms with Crippen LogP contribution < -0.4 is 5.32 Å². The monoisotopic (exact) mass is 445 g/mol. The van der Waals surface area contributed by atoms with Crippen LogP contribution in [0.1, 0.15) is 5.56 Å². The van der Waals surface area contributed by atoms with Crippen molar-refractivity contribution in [2.45, 2.75) is 0 Å². The zero-order valence-electron chi connectivity index (χ0n) is 16.6. The molecule has 0 saturated carbocycles. The van der Waals surface area contributed by atoms with Crippen LogP contribution in [0.25, 0.3) is 0 Å². The van der Waals surface area contributed by atoms with Gasteiger partial charge in [0.05, 0.1) is 17.9 Å². The van der Waals surface area contributed by atoms with Crippen LogP contribution >= 0.6 is 11.3 Å². The highest BCUT2D eigenvalue weighted by molar-refractivity contribution is 7.08. The van der Waals surface area contributed by atoms with Crippen molar-refractivity contribution in [1.29, 1.82) is 0 Å². The quantitative estimate of drug-likeness (QED) is 0.517. The molecule has 2 aliphatic heterocycles. The molecule has 164 valence electrons. The lowest BCUT2D eigenvalue weighted by molar-refractivity contribution is -0.134. The SMILES string of the molecule is O=C(O)C=CC(=O)O.OCCN1CCN(C2=Nc3cccnc3Nc3cscc32)CC1. The Morgan fingerprint density at radius 3 is 2.48 bits per heavy atom. The van der Waals surface area contributed by atoms with E-state index in [1.165, 1.54) is 0 Å². The number of aliphatic hydroxyl groups excluding tert-OH is 1. The van der Waals surface area contributed by atoms with Gasteiger partial charge in [0.2, 0.25) is 0 Å². The van der Waals surface area contributed by atoms with E-state index in [-0.39, 0.29) is 6.61 Å². The van der Waals surface area contributed by atoms with E-state index in [1.807, 2.05) is 12.1 Å². The van der Waals surface area contributed by atoms with E-state index in [1.54, 1.807) is 17.5 Å². The van der Waals surface area contributed by atoms with E-state index in [4.69, 9.17) is 20.3 Å². The maximum Gasteiger partial charge on any atom is 0.328 e. The van der Waals surface area contributed by atoms with E-state index in [9.17, 15) is 9.59 Å². The summed E-state index contributed by atoms with van der Waals surface area (Å²) in [5, 5.41) is 32.4. The highest BCUT2D eigenvalue weighted by Gasteiger charge is 2.25. The van der Waals surface area contributed by atoms with E-state index >= 15 is 0 Å². The number of amidine groups is 1. The van der Waals surface area contributed by atoms with Crippen molar-refractivity contribution in [3.05, 3.63) is 46.8 Å². The summed E-state index contributed by atoms with van der Waals surface area (Å²) in [6.45, 7) is 4.71. The Balaban J connectivity index is 0.000000293. The first-order valence-corrected chi connectivity index (χ1v) is 10.5. The summed E-state index contributed by atoms with van der Waals surface area (Å²) in [6.07, 6.45) is 2.90. The maximum absolute atomic E-state index is 9.55. The average Bonchev–Trinajstić information content (AvgIpc) is 3.15. The second-order valence-corrected chi connectivity index (χ2v) is 7.44. The maximum atomic E-state index is 9.55. The third-order valence-corrected chi connectivity index (χ3v) is 5.37. The Bertz CT molecular complexity index is 966. The molecule has 1 fully saturated rings. The third kappa shape index (κ3) is 6.10. The second kappa shape index (κ2) is 10.7. The van der Waals surface area contributed by atoms with Gasteiger partial charge in [0.1, 0.15) is 11.5 Å². The number of aromatic nitrogens is 1. The Morgan fingerprint density at radius 1 is 1.13 bits per heavy atom. The molecule has 0 aliphatic carbocycles. The summed E-state index contributed by atoms with van der Waals surface area (Å²) < 4.78 is 0. The molecule has 31 heavy (non-hydrogen) atoms. The summed E-state index contributed by atoms with van der Waals surface area (Å²) in [4.78, 5) is 33.0. The zero-order chi connectivity index (χ0) is 22.2. The number of aliphatic carboxylic acids is 2. The highest BCUT2D eigenvalue weighted by atomic mass is 32.1. The predicted molar refractivity (Wildman–Crippen MR) is 118 cm³/mol. The van der Waals surface area contributed by atoms with Gasteiger partial charge in [-0.1, -0.05) is 0 Å². The number of piperazine rings is 1. The van der Waals surface area contributed by atoms with Gasteiger partial charge in [0.25, 0.3) is 0 Å². The molecule has 4 heterocycles. The summed E-state index contributed by atoms with van der Waals surface area (Å²) in [6, 6.07) is 3.91. The van der Waals surface area contributed by atoms with Gasteiger partial charge < -0.3 is 25.5 Å². The molecule has 0 atom stereocenters. The molecule has 0 aromatic carbocycles. The Morgan fingerprint density at radius 2 is 1.84 bits per heavy atom. The Hall–Kier alpha value is -3.28. The van der Waals surface area contributed by atoms with Crippen LogP contribution in [0, 0.1) is 0 Å². The minimum Gasteiger partial charge on any atom is -0.478 e. The number of thiophene rings is 1. The fourth-order valence-corrected chi connectivity index (χ4v) is 3.92. The number of aliphatic imine (C=N–C) groups is 1. The molecule has 2 aliphatic rings. The van der Waals surface area contributed by atoms with Crippen molar-refractivity contribution < 1.29 is 24.9 Å². The third-order valence-electron chi connectivity index (χ3n) is 4.63. The number of carboxylic acids is 2. The van der Waals surface area contributed by atoms with Gasteiger partial charge in [-0.15, -0.1) is 11.3 Å². The van der Waals surface area contributed by atoms with Gasteiger partial charge in [-0.05, 0) is 12.1 Å². The van der Waals surface area contributed by atoms with Gasteiger partial charge in [-0.2, -0.15) is 0 Å². The number of pyridine rings is 1. The van der Waals surface area contributed by atoms with Crippen molar-refractivity contribution in [2.75, 3.05) is 44.6 Å². The van der Waals surface area contributed by atoms with Gasteiger partial charge >= 0.3 is 11.9 Å². The standard InChI is InChI=1S/C16H19N5OS.C4H4O4/c22-9-8-20-4-6-21(7-5-20)16-12-10-23-11-14(12)18-15-13(19-16)2-1-3-17-15;5-3(6)1-2-4(7)8/h1-3,10-11,22H,4-9H2,(H,17,18);1-2H,(H,5,6)(H,7,8). The number of β-amino-alcohol motifs (C(OH)–C–C–N with tert-alkyl or cyclic N) is 1. The number of carboxylic acid groups (broad SMARTS) is 2. The highest BCUT2D eigenvalue weighted by Crippen LogP contribution is 2.35. The number of hydrogen-bond acceptors (Lipinski definition) is 9. The summed E-state index contributed by atoms with van der Waals surface area (Å²) in [7, 11) is 0. The molecule has 0 unspecified atom stereocenters. The number of anilines is 2. The minimum absolute atomic E-state index is 0.221.